The largest absolute Gasteiger partial charge is 0.354 e. The minimum atomic E-state index is -2.89. The van der Waals surface area contributed by atoms with Gasteiger partial charge in [-0.25, -0.2) is 8.42 Å². The first kappa shape index (κ1) is 21.2. The third kappa shape index (κ3) is 6.21. The zero-order valence-corrected chi connectivity index (χ0v) is 17.5. The molecular formula is C16H27IN4O2S. The number of hydrogen-bond acceptors (Lipinski definition) is 4. The van der Waals surface area contributed by atoms with Crippen molar-refractivity contribution in [3.63, 3.8) is 0 Å². The van der Waals surface area contributed by atoms with Gasteiger partial charge in [-0.05, 0) is 26.1 Å². The number of nitrogens with zero attached hydrogens (tertiary/aromatic N) is 2. The van der Waals surface area contributed by atoms with Crippen LogP contribution in [-0.4, -0.2) is 64.5 Å². The van der Waals surface area contributed by atoms with E-state index in [1.165, 1.54) is 5.56 Å². The molecule has 2 atom stereocenters. The zero-order valence-electron chi connectivity index (χ0n) is 14.4. The van der Waals surface area contributed by atoms with Gasteiger partial charge in [-0.1, -0.05) is 30.3 Å². The number of halogens is 1. The summed E-state index contributed by atoms with van der Waals surface area (Å²) in [4.78, 5) is 6.35. The van der Waals surface area contributed by atoms with E-state index in [1.807, 2.05) is 32.3 Å². The maximum Gasteiger partial charge on any atom is 0.191 e. The third-order valence-electron chi connectivity index (χ3n) is 4.07. The Balaban J connectivity index is 0.00000288. The summed E-state index contributed by atoms with van der Waals surface area (Å²) in [6.45, 7) is 0.691. The maximum absolute atomic E-state index is 11.5. The molecule has 8 heteroatoms. The molecule has 0 saturated carbocycles. The second-order valence-corrected chi connectivity index (χ2v) is 8.32. The first-order valence-electron chi connectivity index (χ1n) is 7.80. The highest BCUT2D eigenvalue weighted by molar-refractivity contribution is 14.0. The molecule has 136 valence electrons. The number of likely N-dealkylation sites (N-methyl/N-ethyl adjacent to an activating group) is 1. The first-order chi connectivity index (χ1) is 10.9. The van der Waals surface area contributed by atoms with Crippen molar-refractivity contribution in [1.29, 1.82) is 0 Å². The Hall–Kier alpha value is -0.870. The number of sulfone groups is 1. The summed E-state index contributed by atoms with van der Waals surface area (Å²) in [5, 5.41) is 6.51. The molecule has 1 fully saturated rings. The van der Waals surface area contributed by atoms with Crippen LogP contribution in [0.3, 0.4) is 0 Å². The molecular weight excluding hydrogens is 439 g/mol. The lowest BCUT2D eigenvalue weighted by Gasteiger charge is -2.26. The predicted molar refractivity (Wildman–Crippen MR) is 110 cm³/mol. The molecule has 0 amide bonds. The number of aliphatic imine (C=N–C) groups is 1. The van der Waals surface area contributed by atoms with Crippen molar-refractivity contribution in [2.75, 3.05) is 39.2 Å². The van der Waals surface area contributed by atoms with Crippen molar-refractivity contribution >= 4 is 39.8 Å². The van der Waals surface area contributed by atoms with E-state index < -0.39 is 9.84 Å². The zero-order chi connectivity index (χ0) is 16.9. The summed E-state index contributed by atoms with van der Waals surface area (Å²) in [6, 6.07) is 10.4. The van der Waals surface area contributed by atoms with Gasteiger partial charge in [0.25, 0.3) is 0 Å². The van der Waals surface area contributed by atoms with Crippen molar-refractivity contribution < 1.29 is 8.42 Å². The normalized spacial score (nSPS) is 21.2. The smallest absolute Gasteiger partial charge is 0.191 e. The van der Waals surface area contributed by atoms with Gasteiger partial charge in [0, 0.05) is 19.6 Å². The van der Waals surface area contributed by atoms with Crippen LogP contribution in [0.4, 0.5) is 0 Å². The van der Waals surface area contributed by atoms with E-state index in [0.717, 1.165) is 0 Å². The number of benzene rings is 1. The molecule has 1 aromatic rings. The van der Waals surface area contributed by atoms with Crippen LogP contribution in [0.5, 0.6) is 0 Å². The SMILES string of the molecule is CN=C(NCC(c1ccccc1)N(C)C)NC1CCS(=O)(=O)C1.I. The molecule has 24 heavy (non-hydrogen) atoms. The van der Waals surface area contributed by atoms with Gasteiger partial charge in [0.05, 0.1) is 17.5 Å². The Morgan fingerprint density at radius 1 is 1.33 bits per heavy atom. The Bertz CT molecular complexity index is 635. The molecule has 2 unspecified atom stereocenters. The Labute approximate surface area is 162 Å². The quantitative estimate of drug-likeness (QED) is 0.389. The predicted octanol–water partition coefficient (Wildman–Crippen LogP) is 1.26. The second kappa shape index (κ2) is 9.57. The van der Waals surface area contributed by atoms with E-state index in [0.29, 0.717) is 18.9 Å². The average Bonchev–Trinajstić information content (AvgIpc) is 2.86. The van der Waals surface area contributed by atoms with Gasteiger partial charge in [-0.2, -0.15) is 0 Å². The topological polar surface area (TPSA) is 73.8 Å². The standard InChI is InChI=1S/C16H26N4O2S.HI/c1-17-16(19-14-9-10-23(21,22)12-14)18-11-15(20(2)3)13-7-5-4-6-8-13;/h4-8,14-15H,9-12H2,1-3H3,(H2,17,18,19);1H. The van der Waals surface area contributed by atoms with Crippen LogP contribution in [-0.2, 0) is 9.84 Å². The summed E-state index contributed by atoms with van der Waals surface area (Å²) in [5.41, 5.74) is 1.23. The molecule has 2 N–H and O–H groups in total. The highest BCUT2D eigenvalue weighted by Crippen LogP contribution is 2.16. The molecule has 1 aliphatic heterocycles. The van der Waals surface area contributed by atoms with Crippen molar-refractivity contribution in [2.45, 2.75) is 18.5 Å². The molecule has 6 nitrogen and oxygen atoms in total. The van der Waals surface area contributed by atoms with Crippen LogP contribution in [0.25, 0.3) is 0 Å². The fourth-order valence-electron chi connectivity index (χ4n) is 2.76. The van der Waals surface area contributed by atoms with E-state index in [2.05, 4.69) is 32.7 Å². The lowest BCUT2D eigenvalue weighted by atomic mass is 10.1. The fraction of sp³-hybridized carbons (Fsp3) is 0.562. The van der Waals surface area contributed by atoms with Crippen molar-refractivity contribution in [2.24, 2.45) is 4.99 Å². The van der Waals surface area contributed by atoms with Crippen LogP contribution in [0, 0.1) is 0 Å². The number of guanidine groups is 1. The van der Waals surface area contributed by atoms with Gasteiger partial charge < -0.3 is 15.5 Å². The Morgan fingerprint density at radius 2 is 2.00 bits per heavy atom. The number of nitrogens with one attached hydrogen (secondary N) is 2. The van der Waals surface area contributed by atoms with Crippen molar-refractivity contribution in [1.82, 2.24) is 15.5 Å². The molecule has 1 aliphatic rings. The van der Waals surface area contributed by atoms with E-state index in [1.54, 1.807) is 7.05 Å². The summed E-state index contributed by atoms with van der Waals surface area (Å²) in [5.74, 6) is 1.09. The number of hydrogen-bond donors (Lipinski definition) is 2. The minimum Gasteiger partial charge on any atom is -0.354 e. The maximum atomic E-state index is 11.5. The summed E-state index contributed by atoms with van der Waals surface area (Å²) in [7, 11) is 2.89. The van der Waals surface area contributed by atoms with Gasteiger partial charge >= 0.3 is 0 Å². The van der Waals surface area contributed by atoms with Crippen LogP contribution in [0.2, 0.25) is 0 Å². The van der Waals surface area contributed by atoms with E-state index in [-0.39, 0.29) is 47.6 Å². The molecule has 0 bridgehead atoms. The molecule has 1 aromatic carbocycles. The van der Waals surface area contributed by atoms with Crippen molar-refractivity contribution in [3.05, 3.63) is 35.9 Å². The lowest BCUT2D eigenvalue weighted by molar-refractivity contribution is 0.298. The lowest BCUT2D eigenvalue weighted by Crippen LogP contribution is -2.46. The number of rotatable bonds is 5. The summed E-state index contributed by atoms with van der Waals surface area (Å²) >= 11 is 0. The third-order valence-corrected chi connectivity index (χ3v) is 5.84. The molecule has 0 spiro atoms. The van der Waals surface area contributed by atoms with E-state index >= 15 is 0 Å². The highest BCUT2D eigenvalue weighted by atomic mass is 127. The van der Waals surface area contributed by atoms with Crippen LogP contribution in [0.1, 0.15) is 18.0 Å². The Kier molecular flexibility index (Phi) is 8.44. The van der Waals surface area contributed by atoms with Crippen LogP contribution < -0.4 is 10.6 Å². The summed E-state index contributed by atoms with van der Waals surface area (Å²) in [6.07, 6.45) is 0.638. The Morgan fingerprint density at radius 3 is 2.50 bits per heavy atom. The molecule has 0 radical (unpaired) electrons. The van der Waals surface area contributed by atoms with Gasteiger partial charge in [0.1, 0.15) is 0 Å². The molecule has 0 aliphatic carbocycles. The van der Waals surface area contributed by atoms with E-state index in [9.17, 15) is 8.42 Å². The molecule has 2 rings (SSSR count). The van der Waals surface area contributed by atoms with Crippen LogP contribution >= 0.6 is 24.0 Å². The van der Waals surface area contributed by atoms with Gasteiger partial charge in [0.2, 0.25) is 0 Å². The van der Waals surface area contributed by atoms with Gasteiger partial charge in [-0.15, -0.1) is 24.0 Å². The molecule has 1 heterocycles. The fourth-order valence-corrected chi connectivity index (χ4v) is 4.44. The second-order valence-electron chi connectivity index (χ2n) is 6.09. The summed E-state index contributed by atoms with van der Waals surface area (Å²) < 4.78 is 23.1. The van der Waals surface area contributed by atoms with Crippen molar-refractivity contribution in [3.8, 4) is 0 Å². The molecule has 1 saturated heterocycles. The van der Waals surface area contributed by atoms with Crippen LogP contribution in [0.15, 0.2) is 35.3 Å². The minimum absolute atomic E-state index is 0. The highest BCUT2D eigenvalue weighted by Gasteiger charge is 2.28. The average molecular weight is 466 g/mol. The molecule has 0 aromatic heterocycles. The van der Waals surface area contributed by atoms with Gasteiger partial charge in [0.15, 0.2) is 15.8 Å². The van der Waals surface area contributed by atoms with E-state index in [4.69, 9.17) is 0 Å². The monoisotopic (exact) mass is 466 g/mol. The van der Waals surface area contributed by atoms with Gasteiger partial charge in [-0.3, -0.25) is 4.99 Å². The first-order valence-corrected chi connectivity index (χ1v) is 9.62.